The van der Waals surface area contributed by atoms with E-state index in [0.29, 0.717) is 22.5 Å². The molecule has 0 unspecified atom stereocenters. The number of carbonyl (C=O) groups excluding carboxylic acids is 1. The maximum atomic E-state index is 13.0. The number of nitrogen functional groups attached to an aromatic ring is 1. The first-order chi connectivity index (χ1) is 8.97. The lowest BCUT2D eigenvalue weighted by molar-refractivity contribution is 0.102. The fourth-order valence-corrected chi connectivity index (χ4v) is 1.85. The van der Waals surface area contributed by atoms with Crippen molar-refractivity contribution in [1.82, 2.24) is 0 Å². The Kier molecular flexibility index (Phi) is 3.51. The summed E-state index contributed by atoms with van der Waals surface area (Å²) in [4.78, 5) is 12.1. The van der Waals surface area contributed by atoms with Crippen LogP contribution in [0.2, 0.25) is 0 Å². The van der Waals surface area contributed by atoms with Crippen LogP contribution in [-0.2, 0) is 0 Å². The van der Waals surface area contributed by atoms with Crippen LogP contribution in [0.3, 0.4) is 0 Å². The smallest absolute Gasteiger partial charge is 0.255 e. The summed E-state index contributed by atoms with van der Waals surface area (Å²) in [6.07, 6.45) is 0. The molecule has 4 heteroatoms. The van der Waals surface area contributed by atoms with Crippen molar-refractivity contribution < 1.29 is 9.18 Å². The molecule has 0 aromatic heterocycles. The van der Waals surface area contributed by atoms with Gasteiger partial charge in [0.25, 0.3) is 5.91 Å². The highest BCUT2D eigenvalue weighted by atomic mass is 19.1. The minimum atomic E-state index is -0.353. The molecule has 1 amide bonds. The maximum Gasteiger partial charge on any atom is 0.255 e. The van der Waals surface area contributed by atoms with Gasteiger partial charge in [0, 0.05) is 16.9 Å². The Labute approximate surface area is 111 Å². The van der Waals surface area contributed by atoms with Crippen LogP contribution in [0.1, 0.15) is 21.5 Å². The van der Waals surface area contributed by atoms with Crippen molar-refractivity contribution >= 4 is 17.3 Å². The van der Waals surface area contributed by atoms with E-state index in [4.69, 9.17) is 5.73 Å². The largest absolute Gasteiger partial charge is 0.399 e. The highest BCUT2D eigenvalue weighted by Gasteiger charge is 2.11. The number of nitrogens with two attached hydrogens (primary N) is 1. The van der Waals surface area contributed by atoms with Crippen LogP contribution >= 0.6 is 0 Å². The fourth-order valence-electron chi connectivity index (χ4n) is 1.85. The van der Waals surface area contributed by atoms with Gasteiger partial charge in [-0.15, -0.1) is 0 Å². The van der Waals surface area contributed by atoms with Gasteiger partial charge in [0.1, 0.15) is 5.82 Å². The fraction of sp³-hybridized carbons (Fsp3) is 0.133. The van der Waals surface area contributed by atoms with E-state index in [2.05, 4.69) is 5.32 Å². The number of nitrogens with one attached hydrogen (secondary N) is 1. The van der Waals surface area contributed by atoms with Gasteiger partial charge in [0.15, 0.2) is 0 Å². The van der Waals surface area contributed by atoms with Crippen molar-refractivity contribution in [3.05, 3.63) is 58.9 Å². The SMILES string of the molecule is Cc1ccc(N)cc1NC(=O)c1ccc(F)cc1C. The number of carbonyl (C=O) groups is 1. The first-order valence-electron chi connectivity index (χ1n) is 5.91. The second-order valence-electron chi connectivity index (χ2n) is 4.49. The Morgan fingerprint density at radius 1 is 1.11 bits per heavy atom. The summed E-state index contributed by atoms with van der Waals surface area (Å²) < 4.78 is 13.0. The monoisotopic (exact) mass is 258 g/mol. The quantitative estimate of drug-likeness (QED) is 0.812. The predicted octanol–water partition coefficient (Wildman–Crippen LogP) is 3.28. The number of rotatable bonds is 2. The normalized spacial score (nSPS) is 10.3. The molecule has 2 aromatic carbocycles. The number of halogens is 1. The summed E-state index contributed by atoms with van der Waals surface area (Å²) in [6, 6.07) is 9.39. The van der Waals surface area contributed by atoms with Crippen molar-refractivity contribution in [3.63, 3.8) is 0 Å². The van der Waals surface area contributed by atoms with E-state index in [1.165, 1.54) is 18.2 Å². The van der Waals surface area contributed by atoms with Crippen molar-refractivity contribution in [2.45, 2.75) is 13.8 Å². The average molecular weight is 258 g/mol. The number of benzene rings is 2. The van der Waals surface area contributed by atoms with Gasteiger partial charge in [0.05, 0.1) is 0 Å². The number of hydrogen-bond donors (Lipinski definition) is 2. The second kappa shape index (κ2) is 5.10. The zero-order valence-electron chi connectivity index (χ0n) is 10.8. The Bertz CT molecular complexity index is 638. The lowest BCUT2D eigenvalue weighted by atomic mass is 10.1. The molecule has 2 rings (SSSR count). The minimum Gasteiger partial charge on any atom is -0.399 e. The Hall–Kier alpha value is -2.36. The summed E-state index contributed by atoms with van der Waals surface area (Å²) >= 11 is 0. The van der Waals surface area contributed by atoms with Gasteiger partial charge in [0.2, 0.25) is 0 Å². The molecule has 2 aromatic rings. The molecule has 0 atom stereocenters. The maximum absolute atomic E-state index is 13.0. The summed E-state index contributed by atoms with van der Waals surface area (Å²) in [5, 5.41) is 2.79. The summed E-state index contributed by atoms with van der Waals surface area (Å²) in [5.41, 5.74) is 8.89. The summed E-state index contributed by atoms with van der Waals surface area (Å²) in [5.74, 6) is -0.625. The molecule has 0 aliphatic rings. The topological polar surface area (TPSA) is 55.1 Å². The molecule has 98 valence electrons. The van der Waals surface area contributed by atoms with Crippen LogP contribution in [-0.4, -0.2) is 5.91 Å². The number of aryl methyl sites for hydroxylation is 2. The molecule has 0 fully saturated rings. The molecule has 0 aliphatic heterocycles. The van der Waals surface area contributed by atoms with Crippen LogP contribution < -0.4 is 11.1 Å². The van der Waals surface area contributed by atoms with Gasteiger partial charge in [-0.1, -0.05) is 6.07 Å². The summed E-state index contributed by atoms with van der Waals surface area (Å²) in [7, 11) is 0. The zero-order chi connectivity index (χ0) is 14.0. The van der Waals surface area contributed by atoms with Gasteiger partial charge in [-0.25, -0.2) is 4.39 Å². The highest BCUT2D eigenvalue weighted by Crippen LogP contribution is 2.20. The first kappa shape index (κ1) is 13.1. The van der Waals surface area contributed by atoms with Crippen LogP contribution in [0, 0.1) is 19.7 Å². The Morgan fingerprint density at radius 2 is 1.84 bits per heavy atom. The number of hydrogen-bond acceptors (Lipinski definition) is 2. The molecule has 19 heavy (non-hydrogen) atoms. The van der Waals surface area contributed by atoms with Gasteiger partial charge >= 0.3 is 0 Å². The first-order valence-corrected chi connectivity index (χ1v) is 5.91. The average Bonchev–Trinajstić information content (AvgIpc) is 2.33. The van der Waals surface area contributed by atoms with Gasteiger partial charge in [-0.3, -0.25) is 4.79 Å². The highest BCUT2D eigenvalue weighted by molar-refractivity contribution is 6.05. The Balaban J connectivity index is 2.28. The van der Waals surface area contributed by atoms with Gasteiger partial charge in [-0.2, -0.15) is 0 Å². The standard InChI is InChI=1S/C15H15FN2O/c1-9-3-5-12(17)8-14(9)18-15(19)13-6-4-11(16)7-10(13)2/h3-8H,17H2,1-2H3,(H,18,19). The number of anilines is 2. The number of amides is 1. The third-order valence-electron chi connectivity index (χ3n) is 2.94. The molecule has 0 heterocycles. The van der Waals surface area contributed by atoms with E-state index in [9.17, 15) is 9.18 Å². The van der Waals surface area contributed by atoms with E-state index in [1.54, 1.807) is 19.1 Å². The predicted molar refractivity (Wildman–Crippen MR) is 74.7 cm³/mol. The molecule has 3 nitrogen and oxygen atoms in total. The molecule has 0 saturated heterocycles. The molecule has 0 spiro atoms. The Morgan fingerprint density at radius 3 is 2.53 bits per heavy atom. The molecule has 0 radical (unpaired) electrons. The molecular weight excluding hydrogens is 243 g/mol. The van der Waals surface area contributed by atoms with Crippen LogP contribution in [0.4, 0.5) is 15.8 Å². The second-order valence-corrected chi connectivity index (χ2v) is 4.49. The molecule has 0 saturated carbocycles. The third kappa shape index (κ3) is 2.91. The molecule has 0 bridgehead atoms. The lowest BCUT2D eigenvalue weighted by Crippen LogP contribution is -2.14. The van der Waals surface area contributed by atoms with E-state index >= 15 is 0 Å². The van der Waals surface area contributed by atoms with Crippen molar-refractivity contribution in [1.29, 1.82) is 0 Å². The van der Waals surface area contributed by atoms with Crippen molar-refractivity contribution in [2.24, 2.45) is 0 Å². The van der Waals surface area contributed by atoms with E-state index in [-0.39, 0.29) is 11.7 Å². The van der Waals surface area contributed by atoms with E-state index in [1.807, 2.05) is 13.0 Å². The molecule has 0 aliphatic carbocycles. The zero-order valence-corrected chi connectivity index (χ0v) is 10.8. The van der Waals surface area contributed by atoms with E-state index in [0.717, 1.165) is 5.56 Å². The van der Waals surface area contributed by atoms with Crippen molar-refractivity contribution in [2.75, 3.05) is 11.1 Å². The van der Waals surface area contributed by atoms with Crippen LogP contribution in [0.25, 0.3) is 0 Å². The third-order valence-corrected chi connectivity index (χ3v) is 2.94. The van der Waals surface area contributed by atoms with Crippen LogP contribution in [0.15, 0.2) is 36.4 Å². The summed E-state index contributed by atoms with van der Waals surface area (Å²) in [6.45, 7) is 3.58. The molecular formula is C15H15FN2O. The van der Waals surface area contributed by atoms with Crippen LogP contribution in [0.5, 0.6) is 0 Å². The van der Waals surface area contributed by atoms with E-state index < -0.39 is 0 Å². The van der Waals surface area contributed by atoms with Gasteiger partial charge < -0.3 is 11.1 Å². The molecule has 3 N–H and O–H groups in total. The van der Waals surface area contributed by atoms with Crippen molar-refractivity contribution in [3.8, 4) is 0 Å². The minimum absolute atomic E-state index is 0.272. The lowest BCUT2D eigenvalue weighted by Gasteiger charge is -2.10. The van der Waals surface area contributed by atoms with Gasteiger partial charge in [-0.05, 0) is 55.3 Å².